The number of hydrogen-bond donors (Lipinski definition) is 2. The van der Waals surface area contributed by atoms with Gasteiger partial charge in [-0.1, -0.05) is 12.8 Å². The van der Waals surface area contributed by atoms with E-state index in [-0.39, 0.29) is 11.5 Å². The molecule has 0 saturated carbocycles. The Hall–Kier alpha value is -1.88. The van der Waals surface area contributed by atoms with Gasteiger partial charge in [0.2, 0.25) is 5.91 Å². The largest absolute Gasteiger partial charge is 0.478 e. The van der Waals surface area contributed by atoms with Crippen molar-refractivity contribution >= 4 is 17.6 Å². The third-order valence-corrected chi connectivity index (χ3v) is 3.22. The van der Waals surface area contributed by atoms with Gasteiger partial charge in [-0.2, -0.15) is 0 Å². The second-order valence-corrected chi connectivity index (χ2v) is 4.76. The number of anilines is 1. The van der Waals surface area contributed by atoms with Crippen LogP contribution < -0.4 is 10.6 Å². The molecule has 1 amide bonds. The average Bonchev–Trinajstić information content (AvgIpc) is 2.46. The number of amides is 1. The number of carbonyl (C=O) groups is 2. The molecule has 0 heterocycles. The summed E-state index contributed by atoms with van der Waals surface area (Å²) in [7, 11) is 1.71. The highest BCUT2D eigenvalue weighted by atomic mass is 16.4. The highest BCUT2D eigenvalue weighted by Gasteiger charge is 2.11. The van der Waals surface area contributed by atoms with Gasteiger partial charge in [-0.3, -0.25) is 4.79 Å². The zero-order valence-corrected chi connectivity index (χ0v) is 11.8. The maximum atomic E-state index is 12.0. The quantitative estimate of drug-likeness (QED) is 0.714. The maximum absolute atomic E-state index is 12.0. The summed E-state index contributed by atoms with van der Waals surface area (Å²) >= 11 is 0. The smallest absolute Gasteiger partial charge is 0.335 e. The lowest BCUT2D eigenvalue weighted by Gasteiger charge is -2.17. The molecule has 0 fully saturated rings. The molecule has 0 unspecified atom stereocenters. The fourth-order valence-electron chi connectivity index (χ4n) is 1.91. The Morgan fingerprint density at radius 2 is 1.70 bits per heavy atom. The molecule has 20 heavy (non-hydrogen) atoms. The molecule has 5 nitrogen and oxygen atoms in total. The van der Waals surface area contributed by atoms with Crippen molar-refractivity contribution in [2.24, 2.45) is 5.73 Å². The van der Waals surface area contributed by atoms with Gasteiger partial charge in [0.05, 0.1) is 5.56 Å². The summed E-state index contributed by atoms with van der Waals surface area (Å²) < 4.78 is 0. The Bertz CT molecular complexity index is 443. The lowest BCUT2D eigenvalue weighted by molar-refractivity contribution is -0.118. The number of aromatic carboxylic acids is 1. The zero-order valence-electron chi connectivity index (χ0n) is 11.8. The van der Waals surface area contributed by atoms with Crippen molar-refractivity contribution in [3.8, 4) is 0 Å². The van der Waals surface area contributed by atoms with E-state index in [9.17, 15) is 9.59 Å². The van der Waals surface area contributed by atoms with Crippen LogP contribution in [0.1, 0.15) is 42.5 Å². The van der Waals surface area contributed by atoms with Crippen molar-refractivity contribution in [3.63, 3.8) is 0 Å². The van der Waals surface area contributed by atoms with Crippen molar-refractivity contribution in [1.29, 1.82) is 0 Å². The van der Waals surface area contributed by atoms with Crippen molar-refractivity contribution < 1.29 is 14.7 Å². The van der Waals surface area contributed by atoms with Gasteiger partial charge < -0.3 is 15.7 Å². The van der Waals surface area contributed by atoms with Crippen LogP contribution in [0.5, 0.6) is 0 Å². The highest BCUT2D eigenvalue weighted by Crippen LogP contribution is 2.16. The Morgan fingerprint density at radius 1 is 1.10 bits per heavy atom. The van der Waals surface area contributed by atoms with Crippen molar-refractivity contribution in [2.45, 2.75) is 32.1 Å². The van der Waals surface area contributed by atoms with Gasteiger partial charge in [0.1, 0.15) is 0 Å². The molecule has 0 bridgehead atoms. The topological polar surface area (TPSA) is 83.6 Å². The van der Waals surface area contributed by atoms with Gasteiger partial charge in [0, 0.05) is 19.2 Å². The summed E-state index contributed by atoms with van der Waals surface area (Å²) in [6.07, 6.45) is 4.42. The Morgan fingerprint density at radius 3 is 2.25 bits per heavy atom. The van der Waals surface area contributed by atoms with Gasteiger partial charge in [-0.25, -0.2) is 4.79 Å². The van der Waals surface area contributed by atoms with Crippen LogP contribution in [-0.4, -0.2) is 30.6 Å². The van der Waals surface area contributed by atoms with E-state index in [4.69, 9.17) is 10.8 Å². The van der Waals surface area contributed by atoms with Crippen LogP contribution in [-0.2, 0) is 4.79 Å². The number of unbranched alkanes of at least 4 members (excludes halogenated alkanes) is 3. The number of carboxylic acid groups (broad SMARTS) is 1. The molecular weight excluding hydrogens is 256 g/mol. The molecule has 3 N–H and O–H groups in total. The van der Waals surface area contributed by atoms with E-state index < -0.39 is 5.97 Å². The summed E-state index contributed by atoms with van der Waals surface area (Å²) in [6, 6.07) is 6.30. The molecule has 0 radical (unpaired) electrons. The summed E-state index contributed by atoms with van der Waals surface area (Å²) in [4.78, 5) is 24.3. The van der Waals surface area contributed by atoms with E-state index in [1.807, 2.05) is 0 Å². The van der Waals surface area contributed by atoms with Gasteiger partial charge in [0.25, 0.3) is 0 Å². The Kier molecular flexibility index (Phi) is 6.73. The van der Waals surface area contributed by atoms with E-state index in [1.165, 1.54) is 12.1 Å². The zero-order chi connectivity index (χ0) is 15.0. The van der Waals surface area contributed by atoms with Crippen LogP contribution in [0, 0.1) is 0 Å². The molecular formula is C15H22N2O3. The number of benzene rings is 1. The molecule has 0 aromatic heterocycles. The number of nitrogens with zero attached hydrogens (tertiary/aromatic N) is 1. The summed E-state index contributed by atoms with van der Waals surface area (Å²) in [6.45, 7) is 0.698. The highest BCUT2D eigenvalue weighted by molar-refractivity contribution is 5.94. The van der Waals surface area contributed by atoms with Crippen LogP contribution >= 0.6 is 0 Å². The first-order valence-corrected chi connectivity index (χ1v) is 6.86. The molecule has 0 atom stereocenters. The van der Waals surface area contributed by atoms with Gasteiger partial charge in [-0.15, -0.1) is 0 Å². The van der Waals surface area contributed by atoms with Gasteiger partial charge in [0.15, 0.2) is 0 Å². The monoisotopic (exact) mass is 278 g/mol. The molecule has 0 saturated heterocycles. The SMILES string of the molecule is CN(C(=O)CCCCCCN)c1ccc(C(=O)O)cc1. The summed E-state index contributed by atoms with van der Waals surface area (Å²) in [5.74, 6) is -0.925. The second-order valence-electron chi connectivity index (χ2n) is 4.76. The molecule has 0 aliphatic rings. The number of carbonyl (C=O) groups excluding carboxylic acids is 1. The predicted octanol–water partition coefficient (Wildman–Crippen LogP) is 2.26. The first-order valence-electron chi connectivity index (χ1n) is 6.86. The molecule has 1 aromatic rings. The van der Waals surface area contributed by atoms with Crippen molar-refractivity contribution in [2.75, 3.05) is 18.5 Å². The van der Waals surface area contributed by atoms with E-state index in [0.717, 1.165) is 25.7 Å². The third kappa shape index (κ3) is 5.01. The van der Waals surface area contributed by atoms with E-state index in [2.05, 4.69) is 0 Å². The summed E-state index contributed by atoms with van der Waals surface area (Å²) in [5, 5.41) is 8.82. The lowest BCUT2D eigenvalue weighted by Crippen LogP contribution is -2.25. The molecule has 110 valence electrons. The number of hydrogen-bond acceptors (Lipinski definition) is 3. The summed E-state index contributed by atoms with van der Waals surface area (Å²) in [5.41, 5.74) is 6.34. The van der Waals surface area contributed by atoms with Crippen LogP contribution in [0.2, 0.25) is 0 Å². The molecule has 1 aromatic carbocycles. The average molecular weight is 278 g/mol. The first-order chi connectivity index (χ1) is 9.56. The number of rotatable bonds is 8. The van der Waals surface area contributed by atoms with Crippen molar-refractivity contribution in [1.82, 2.24) is 0 Å². The Balaban J connectivity index is 2.45. The molecule has 1 rings (SSSR count). The minimum absolute atomic E-state index is 0.0424. The van der Waals surface area contributed by atoms with Crippen LogP contribution in [0.4, 0.5) is 5.69 Å². The van der Waals surface area contributed by atoms with Crippen LogP contribution in [0.15, 0.2) is 24.3 Å². The van der Waals surface area contributed by atoms with E-state index in [0.29, 0.717) is 18.7 Å². The normalized spacial score (nSPS) is 10.3. The van der Waals surface area contributed by atoms with Crippen LogP contribution in [0.25, 0.3) is 0 Å². The Labute approximate surface area is 119 Å². The molecule has 0 aliphatic carbocycles. The fraction of sp³-hybridized carbons (Fsp3) is 0.467. The van der Waals surface area contributed by atoms with E-state index >= 15 is 0 Å². The lowest BCUT2D eigenvalue weighted by atomic mass is 10.1. The maximum Gasteiger partial charge on any atom is 0.335 e. The molecule has 0 aliphatic heterocycles. The molecule has 0 spiro atoms. The van der Waals surface area contributed by atoms with Gasteiger partial charge >= 0.3 is 5.97 Å². The van der Waals surface area contributed by atoms with Crippen molar-refractivity contribution in [3.05, 3.63) is 29.8 Å². The minimum Gasteiger partial charge on any atom is -0.478 e. The third-order valence-electron chi connectivity index (χ3n) is 3.22. The standard InChI is InChI=1S/C15H22N2O3/c1-17(14(18)6-4-2-3-5-11-16)13-9-7-12(8-10-13)15(19)20/h7-10H,2-6,11,16H2,1H3,(H,19,20). The number of nitrogens with two attached hydrogens (primary N) is 1. The fourth-order valence-corrected chi connectivity index (χ4v) is 1.91. The minimum atomic E-state index is -0.967. The van der Waals surface area contributed by atoms with Crippen LogP contribution in [0.3, 0.4) is 0 Å². The number of carboxylic acids is 1. The second kappa shape index (κ2) is 8.32. The van der Waals surface area contributed by atoms with E-state index in [1.54, 1.807) is 24.1 Å². The molecule has 5 heteroatoms. The first kappa shape index (κ1) is 16.2. The van der Waals surface area contributed by atoms with Gasteiger partial charge in [-0.05, 0) is 43.7 Å². The predicted molar refractivity (Wildman–Crippen MR) is 79.0 cm³/mol.